The van der Waals surface area contributed by atoms with Crippen molar-refractivity contribution in [2.45, 2.75) is 19.8 Å². The highest BCUT2D eigenvalue weighted by Crippen LogP contribution is 2.36. The van der Waals surface area contributed by atoms with Crippen molar-refractivity contribution in [3.05, 3.63) is 64.3 Å². The maximum atomic E-state index is 12.8. The molecule has 0 unspecified atom stereocenters. The van der Waals surface area contributed by atoms with Gasteiger partial charge >= 0.3 is 0 Å². The SMILES string of the molecule is CCOc1cc2ncc(C#N)c(Nc3cccc(Br)c3)c2cc1NC(=O)C=C1CCN(C)CC1. The molecular weight excluding hydrogens is 494 g/mol. The Hall–Kier alpha value is -3.41. The van der Waals surface area contributed by atoms with Crippen molar-refractivity contribution in [1.82, 2.24) is 9.88 Å². The first-order valence-corrected chi connectivity index (χ1v) is 12.0. The number of hydrogen-bond donors (Lipinski definition) is 2. The minimum atomic E-state index is -0.189. The average molecular weight is 520 g/mol. The number of anilines is 3. The molecule has 34 heavy (non-hydrogen) atoms. The van der Waals surface area contributed by atoms with Crippen LogP contribution in [-0.4, -0.2) is 42.5 Å². The molecule has 0 bridgehead atoms. The van der Waals surface area contributed by atoms with E-state index in [1.165, 1.54) is 0 Å². The predicted octanol–water partition coefficient (Wildman–Crippen LogP) is 5.60. The van der Waals surface area contributed by atoms with E-state index in [-0.39, 0.29) is 5.91 Å². The highest BCUT2D eigenvalue weighted by molar-refractivity contribution is 9.10. The number of rotatable bonds is 6. The van der Waals surface area contributed by atoms with Gasteiger partial charge in [0.25, 0.3) is 0 Å². The monoisotopic (exact) mass is 519 g/mol. The quantitative estimate of drug-likeness (QED) is 0.411. The zero-order valence-electron chi connectivity index (χ0n) is 19.2. The van der Waals surface area contributed by atoms with Gasteiger partial charge in [-0.2, -0.15) is 5.26 Å². The molecule has 3 aromatic rings. The summed E-state index contributed by atoms with van der Waals surface area (Å²) in [7, 11) is 2.09. The fraction of sp³-hybridized carbons (Fsp3) is 0.269. The number of nitriles is 1. The lowest BCUT2D eigenvalue weighted by Gasteiger charge is -2.23. The van der Waals surface area contributed by atoms with Crippen LogP contribution in [0.15, 0.2) is 58.7 Å². The number of nitrogens with one attached hydrogen (secondary N) is 2. The fourth-order valence-electron chi connectivity index (χ4n) is 3.93. The molecule has 1 aliphatic heterocycles. The summed E-state index contributed by atoms with van der Waals surface area (Å²) in [6.07, 6.45) is 5.00. The molecule has 7 nitrogen and oxygen atoms in total. The lowest BCUT2D eigenvalue weighted by Crippen LogP contribution is -2.27. The number of fused-ring (bicyclic) bond motifs is 1. The maximum absolute atomic E-state index is 12.8. The number of likely N-dealkylation sites (tertiary alicyclic amines) is 1. The van der Waals surface area contributed by atoms with Gasteiger partial charge in [-0.1, -0.05) is 27.6 Å². The topological polar surface area (TPSA) is 90.3 Å². The van der Waals surface area contributed by atoms with Crippen LogP contribution in [-0.2, 0) is 4.79 Å². The summed E-state index contributed by atoms with van der Waals surface area (Å²) in [5.41, 5.74) is 4.19. The van der Waals surface area contributed by atoms with Gasteiger partial charge in [0, 0.05) is 47.0 Å². The number of amides is 1. The van der Waals surface area contributed by atoms with Gasteiger partial charge < -0.3 is 20.3 Å². The van der Waals surface area contributed by atoms with Crippen molar-refractivity contribution >= 4 is 49.8 Å². The largest absolute Gasteiger partial charge is 0.492 e. The highest BCUT2D eigenvalue weighted by atomic mass is 79.9. The summed E-state index contributed by atoms with van der Waals surface area (Å²) in [5, 5.41) is 16.8. The highest BCUT2D eigenvalue weighted by Gasteiger charge is 2.16. The number of pyridine rings is 1. The molecule has 1 fully saturated rings. The minimum absolute atomic E-state index is 0.189. The van der Waals surface area contributed by atoms with E-state index in [0.717, 1.165) is 41.7 Å². The molecule has 1 saturated heterocycles. The summed E-state index contributed by atoms with van der Waals surface area (Å²) in [6, 6.07) is 13.5. The summed E-state index contributed by atoms with van der Waals surface area (Å²) < 4.78 is 6.73. The molecule has 4 rings (SSSR count). The number of carbonyl (C=O) groups excluding carboxylic acids is 1. The first-order chi connectivity index (χ1) is 16.5. The van der Waals surface area contributed by atoms with Crippen molar-refractivity contribution in [3.63, 3.8) is 0 Å². The molecule has 0 saturated carbocycles. The first kappa shape index (κ1) is 23.7. The smallest absolute Gasteiger partial charge is 0.248 e. The lowest BCUT2D eigenvalue weighted by atomic mass is 10.0. The van der Waals surface area contributed by atoms with Crippen molar-refractivity contribution in [2.75, 3.05) is 37.4 Å². The maximum Gasteiger partial charge on any atom is 0.248 e. The van der Waals surface area contributed by atoms with Crippen LogP contribution >= 0.6 is 15.9 Å². The van der Waals surface area contributed by atoms with Gasteiger partial charge in [-0.3, -0.25) is 9.78 Å². The van der Waals surface area contributed by atoms with E-state index in [2.05, 4.69) is 49.6 Å². The van der Waals surface area contributed by atoms with Gasteiger partial charge in [0.15, 0.2) is 0 Å². The molecule has 0 spiro atoms. The van der Waals surface area contributed by atoms with Crippen molar-refractivity contribution in [1.29, 1.82) is 5.26 Å². The average Bonchev–Trinajstić information content (AvgIpc) is 2.81. The van der Waals surface area contributed by atoms with Crippen LogP contribution in [0.1, 0.15) is 25.3 Å². The number of benzene rings is 2. The van der Waals surface area contributed by atoms with E-state index in [1.807, 2.05) is 37.3 Å². The van der Waals surface area contributed by atoms with Crippen molar-refractivity contribution in [3.8, 4) is 11.8 Å². The Bertz CT molecular complexity index is 1290. The van der Waals surface area contributed by atoms with Gasteiger partial charge in [0.2, 0.25) is 5.91 Å². The Morgan fingerprint density at radius 3 is 2.79 bits per heavy atom. The predicted molar refractivity (Wildman–Crippen MR) is 138 cm³/mol. The Balaban J connectivity index is 1.73. The minimum Gasteiger partial charge on any atom is -0.492 e. The van der Waals surface area contributed by atoms with E-state index in [4.69, 9.17) is 4.74 Å². The van der Waals surface area contributed by atoms with Crippen molar-refractivity contribution in [2.24, 2.45) is 0 Å². The Morgan fingerprint density at radius 2 is 2.09 bits per heavy atom. The molecule has 8 heteroatoms. The normalized spacial score (nSPS) is 13.9. The summed E-state index contributed by atoms with van der Waals surface area (Å²) >= 11 is 3.48. The standard InChI is InChI=1S/C26H26BrN5O2/c1-3-34-24-14-22-21(13-23(24)31-25(33)11-17-7-9-32(2)10-8-17)26(18(15-28)16-29-22)30-20-6-4-5-19(27)12-20/h4-6,11-14,16H,3,7-10H2,1-2H3,(H,29,30)(H,31,33). The molecule has 1 aliphatic rings. The summed E-state index contributed by atoms with van der Waals surface area (Å²) in [6.45, 7) is 4.24. The number of ether oxygens (including phenoxy) is 1. The Morgan fingerprint density at radius 1 is 1.29 bits per heavy atom. The van der Waals surface area contributed by atoms with Crippen LogP contribution in [0.2, 0.25) is 0 Å². The van der Waals surface area contributed by atoms with E-state index in [0.29, 0.717) is 40.2 Å². The third-order valence-corrected chi connectivity index (χ3v) is 6.20. The molecule has 2 aromatic carbocycles. The number of carbonyl (C=O) groups is 1. The van der Waals surface area contributed by atoms with Gasteiger partial charge in [0.05, 0.1) is 29.1 Å². The van der Waals surface area contributed by atoms with Crippen LogP contribution < -0.4 is 15.4 Å². The number of halogens is 1. The van der Waals surface area contributed by atoms with E-state index in [9.17, 15) is 10.1 Å². The van der Waals surface area contributed by atoms with E-state index in [1.54, 1.807) is 18.3 Å². The molecule has 0 atom stereocenters. The molecular formula is C26H26BrN5O2. The van der Waals surface area contributed by atoms with Crippen LogP contribution in [0, 0.1) is 11.3 Å². The summed E-state index contributed by atoms with van der Waals surface area (Å²) in [4.78, 5) is 19.6. The Labute approximate surface area is 207 Å². The molecule has 2 N–H and O–H groups in total. The number of piperidine rings is 1. The van der Waals surface area contributed by atoms with Gasteiger partial charge in [-0.05, 0) is 51.1 Å². The van der Waals surface area contributed by atoms with Crippen LogP contribution in [0.5, 0.6) is 5.75 Å². The number of aromatic nitrogens is 1. The van der Waals surface area contributed by atoms with Crippen LogP contribution in [0.25, 0.3) is 10.9 Å². The van der Waals surface area contributed by atoms with Crippen molar-refractivity contribution < 1.29 is 9.53 Å². The van der Waals surface area contributed by atoms with Gasteiger partial charge in [-0.25, -0.2) is 0 Å². The second-order valence-corrected chi connectivity index (χ2v) is 9.10. The molecule has 0 radical (unpaired) electrons. The molecule has 1 aromatic heterocycles. The van der Waals surface area contributed by atoms with Gasteiger partial charge in [-0.15, -0.1) is 0 Å². The number of nitrogens with zero attached hydrogens (tertiary/aromatic N) is 3. The molecule has 2 heterocycles. The van der Waals surface area contributed by atoms with Gasteiger partial charge in [0.1, 0.15) is 11.8 Å². The summed E-state index contributed by atoms with van der Waals surface area (Å²) in [5.74, 6) is 0.349. The lowest BCUT2D eigenvalue weighted by molar-refractivity contribution is -0.112. The van der Waals surface area contributed by atoms with Crippen LogP contribution in [0.3, 0.4) is 0 Å². The first-order valence-electron chi connectivity index (χ1n) is 11.2. The Kier molecular flexibility index (Phi) is 7.46. The zero-order chi connectivity index (χ0) is 24.1. The van der Waals surface area contributed by atoms with E-state index < -0.39 is 0 Å². The second kappa shape index (κ2) is 10.7. The fourth-order valence-corrected chi connectivity index (χ4v) is 4.33. The van der Waals surface area contributed by atoms with Crippen LogP contribution in [0.4, 0.5) is 17.1 Å². The zero-order valence-corrected chi connectivity index (χ0v) is 20.8. The molecule has 1 amide bonds. The second-order valence-electron chi connectivity index (χ2n) is 8.19. The third kappa shape index (κ3) is 5.56. The number of hydrogen-bond acceptors (Lipinski definition) is 6. The molecule has 174 valence electrons. The molecule has 0 aliphatic carbocycles. The van der Waals surface area contributed by atoms with E-state index >= 15 is 0 Å². The third-order valence-electron chi connectivity index (χ3n) is 5.71.